The molecule has 0 aliphatic carbocycles. The van der Waals surface area contributed by atoms with Crippen molar-refractivity contribution in [3.8, 4) is 5.75 Å². The molecule has 0 amide bonds. The van der Waals surface area contributed by atoms with Gasteiger partial charge in [-0.1, -0.05) is 20.8 Å². The number of hydrogen-bond acceptors (Lipinski definition) is 3. The Kier molecular flexibility index (Phi) is 8.83. The van der Waals surface area contributed by atoms with Crippen LogP contribution in [0.3, 0.4) is 0 Å². The predicted octanol–water partition coefficient (Wildman–Crippen LogP) is 2.83. The van der Waals surface area contributed by atoms with E-state index in [1.807, 2.05) is 19.1 Å². The van der Waals surface area contributed by atoms with E-state index in [4.69, 9.17) is 9.47 Å². The lowest BCUT2D eigenvalue weighted by molar-refractivity contribution is -0.900. The van der Waals surface area contributed by atoms with Crippen LogP contribution in [0, 0.1) is 11.8 Å². The third-order valence-electron chi connectivity index (χ3n) is 4.38. The van der Waals surface area contributed by atoms with E-state index in [2.05, 4.69) is 34.6 Å². The smallest absolute Gasteiger partial charge is 0.338 e. The monoisotopic (exact) mass is 336 g/mol. The first kappa shape index (κ1) is 20.5. The SMILES string of the molecule is CC[NH+](CC)C[C@@H](C)[C@H](C)OC(=O)c1ccc(OCC(C)C)cc1. The van der Waals surface area contributed by atoms with Crippen LogP contribution in [-0.4, -0.2) is 38.3 Å². The topological polar surface area (TPSA) is 40.0 Å². The summed E-state index contributed by atoms with van der Waals surface area (Å²) in [5.74, 6) is 1.33. The van der Waals surface area contributed by atoms with Crippen molar-refractivity contribution in [3.05, 3.63) is 29.8 Å². The summed E-state index contributed by atoms with van der Waals surface area (Å²) in [4.78, 5) is 13.8. The molecule has 0 unspecified atom stereocenters. The number of quaternary nitrogens is 1. The summed E-state index contributed by atoms with van der Waals surface area (Å²) in [6.07, 6.45) is -0.0949. The van der Waals surface area contributed by atoms with Crippen LogP contribution < -0.4 is 9.64 Å². The van der Waals surface area contributed by atoms with E-state index >= 15 is 0 Å². The van der Waals surface area contributed by atoms with Crippen molar-refractivity contribution in [3.63, 3.8) is 0 Å². The van der Waals surface area contributed by atoms with Crippen LogP contribution in [0.15, 0.2) is 24.3 Å². The first-order valence-electron chi connectivity index (χ1n) is 9.14. The Labute approximate surface area is 147 Å². The number of esters is 1. The third kappa shape index (κ3) is 6.91. The molecule has 1 N–H and O–H groups in total. The normalized spacial score (nSPS) is 13.8. The zero-order chi connectivity index (χ0) is 18.1. The average Bonchev–Trinajstić information content (AvgIpc) is 2.57. The van der Waals surface area contributed by atoms with Gasteiger partial charge in [0.2, 0.25) is 0 Å². The fraction of sp³-hybridized carbons (Fsp3) is 0.650. The molecule has 4 nitrogen and oxygen atoms in total. The van der Waals surface area contributed by atoms with Gasteiger partial charge >= 0.3 is 5.97 Å². The van der Waals surface area contributed by atoms with Gasteiger partial charge in [-0.2, -0.15) is 0 Å². The maximum Gasteiger partial charge on any atom is 0.338 e. The van der Waals surface area contributed by atoms with E-state index in [0.717, 1.165) is 25.4 Å². The molecule has 1 aromatic carbocycles. The van der Waals surface area contributed by atoms with Gasteiger partial charge in [-0.3, -0.25) is 0 Å². The highest BCUT2D eigenvalue weighted by Crippen LogP contribution is 2.15. The fourth-order valence-corrected chi connectivity index (χ4v) is 2.46. The Bertz CT molecular complexity index is 480. The van der Waals surface area contributed by atoms with Crippen molar-refractivity contribution >= 4 is 5.97 Å². The fourth-order valence-electron chi connectivity index (χ4n) is 2.46. The van der Waals surface area contributed by atoms with Crippen LogP contribution in [-0.2, 0) is 4.74 Å². The van der Waals surface area contributed by atoms with Gasteiger partial charge in [0, 0.05) is 5.92 Å². The van der Waals surface area contributed by atoms with Crippen LogP contribution in [0.1, 0.15) is 51.9 Å². The van der Waals surface area contributed by atoms with E-state index in [1.54, 1.807) is 12.1 Å². The van der Waals surface area contributed by atoms with E-state index in [0.29, 0.717) is 24.0 Å². The summed E-state index contributed by atoms with van der Waals surface area (Å²) < 4.78 is 11.3. The van der Waals surface area contributed by atoms with Crippen LogP contribution in [0.25, 0.3) is 0 Å². The molecule has 0 saturated carbocycles. The highest BCUT2D eigenvalue weighted by molar-refractivity contribution is 5.89. The molecule has 136 valence electrons. The Balaban J connectivity index is 2.54. The zero-order valence-corrected chi connectivity index (χ0v) is 16.1. The highest BCUT2D eigenvalue weighted by Gasteiger charge is 2.21. The number of benzene rings is 1. The Morgan fingerprint density at radius 2 is 1.62 bits per heavy atom. The molecule has 0 aliphatic rings. The Morgan fingerprint density at radius 3 is 2.12 bits per heavy atom. The minimum atomic E-state index is -0.265. The van der Waals surface area contributed by atoms with Gasteiger partial charge in [-0.15, -0.1) is 0 Å². The molecule has 0 aliphatic heterocycles. The molecular formula is C20H34NO3+. The van der Waals surface area contributed by atoms with Crippen molar-refractivity contribution in [1.82, 2.24) is 0 Å². The van der Waals surface area contributed by atoms with Gasteiger partial charge in [0.25, 0.3) is 0 Å². The number of carbonyl (C=O) groups excluding carboxylic acids is 1. The molecule has 0 fully saturated rings. The van der Waals surface area contributed by atoms with Crippen LogP contribution in [0.2, 0.25) is 0 Å². The van der Waals surface area contributed by atoms with E-state index in [-0.39, 0.29) is 12.1 Å². The summed E-state index contributed by atoms with van der Waals surface area (Å²) >= 11 is 0. The van der Waals surface area contributed by atoms with Gasteiger partial charge in [0.1, 0.15) is 11.9 Å². The maximum absolute atomic E-state index is 12.3. The predicted molar refractivity (Wildman–Crippen MR) is 97.7 cm³/mol. The molecular weight excluding hydrogens is 302 g/mol. The van der Waals surface area contributed by atoms with Crippen molar-refractivity contribution in [1.29, 1.82) is 0 Å². The molecule has 0 spiro atoms. The molecule has 2 atom stereocenters. The van der Waals surface area contributed by atoms with Crippen LogP contribution >= 0.6 is 0 Å². The standard InChI is InChI=1S/C20H33NO3/c1-7-21(8-2)13-16(5)17(6)24-20(22)18-9-11-19(12-10-18)23-14-15(3)4/h9-12,15-17H,7-8,13-14H2,1-6H3/p+1/t16-,17+/m1/s1. The van der Waals surface area contributed by atoms with E-state index in [9.17, 15) is 4.79 Å². The summed E-state index contributed by atoms with van der Waals surface area (Å²) in [6, 6.07) is 7.19. The molecule has 0 heterocycles. The molecule has 0 radical (unpaired) electrons. The molecule has 24 heavy (non-hydrogen) atoms. The lowest BCUT2D eigenvalue weighted by Crippen LogP contribution is -3.12. The number of rotatable bonds is 10. The number of nitrogens with one attached hydrogen (secondary N) is 1. The van der Waals surface area contributed by atoms with Crippen molar-refractivity contribution < 1.29 is 19.2 Å². The first-order chi connectivity index (χ1) is 11.4. The first-order valence-corrected chi connectivity index (χ1v) is 9.14. The number of carbonyl (C=O) groups is 1. The lowest BCUT2D eigenvalue weighted by atomic mass is 10.1. The van der Waals surface area contributed by atoms with Gasteiger partial charge in [-0.05, 0) is 51.0 Å². The Hall–Kier alpha value is -1.55. The summed E-state index contributed by atoms with van der Waals surface area (Å²) in [6.45, 7) is 16.6. The minimum absolute atomic E-state index is 0.0949. The summed E-state index contributed by atoms with van der Waals surface area (Å²) in [7, 11) is 0. The molecule has 0 aromatic heterocycles. The van der Waals surface area contributed by atoms with Crippen LogP contribution in [0.5, 0.6) is 5.75 Å². The second kappa shape index (κ2) is 10.3. The van der Waals surface area contributed by atoms with Crippen molar-refractivity contribution in [2.24, 2.45) is 11.8 Å². The van der Waals surface area contributed by atoms with Crippen LogP contribution in [0.4, 0.5) is 0 Å². The van der Waals surface area contributed by atoms with Gasteiger partial charge in [0.05, 0.1) is 31.8 Å². The number of ether oxygens (including phenoxy) is 2. The average molecular weight is 336 g/mol. The van der Waals surface area contributed by atoms with Crippen molar-refractivity contribution in [2.75, 3.05) is 26.2 Å². The maximum atomic E-state index is 12.3. The Morgan fingerprint density at radius 1 is 1.04 bits per heavy atom. The second-order valence-electron chi connectivity index (χ2n) is 6.98. The largest absolute Gasteiger partial charge is 0.493 e. The highest BCUT2D eigenvalue weighted by atomic mass is 16.5. The lowest BCUT2D eigenvalue weighted by Gasteiger charge is -2.24. The molecule has 0 bridgehead atoms. The quantitative estimate of drug-likeness (QED) is 0.668. The number of hydrogen-bond donors (Lipinski definition) is 1. The molecule has 4 heteroatoms. The second-order valence-corrected chi connectivity index (χ2v) is 6.98. The van der Waals surface area contributed by atoms with E-state index < -0.39 is 0 Å². The minimum Gasteiger partial charge on any atom is -0.493 e. The molecule has 1 rings (SSSR count). The zero-order valence-electron chi connectivity index (χ0n) is 16.1. The molecule has 1 aromatic rings. The van der Waals surface area contributed by atoms with Crippen molar-refractivity contribution in [2.45, 2.75) is 47.6 Å². The van der Waals surface area contributed by atoms with E-state index in [1.165, 1.54) is 4.90 Å². The summed E-state index contributed by atoms with van der Waals surface area (Å²) in [5.41, 5.74) is 0.570. The summed E-state index contributed by atoms with van der Waals surface area (Å²) in [5, 5.41) is 0. The third-order valence-corrected chi connectivity index (χ3v) is 4.38. The van der Waals surface area contributed by atoms with Gasteiger partial charge < -0.3 is 14.4 Å². The molecule has 0 saturated heterocycles. The van der Waals surface area contributed by atoms with Gasteiger partial charge in [0.15, 0.2) is 0 Å². The van der Waals surface area contributed by atoms with Gasteiger partial charge in [-0.25, -0.2) is 4.79 Å².